The minimum Gasteiger partial charge on any atom is -0.462 e. The molecule has 0 aliphatic heterocycles. The molecule has 0 fully saturated rings. The smallest absolute Gasteiger partial charge is 0.333 e. The fourth-order valence-electron chi connectivity index (χ4n) is 2.60. The second-order valence-corrected chi connectivity index (χ2v) is 7.11. The minimum absolute atomic E-state index is 0.260. The Balaban J connectivity index is 3.63. The van der Waals surface area contributed by atoms with Gasteiger partial charge in [-0.2, -0.15) is 0 Å². The molecule has 130 valence electrons. The Morgan fingerprint density at radius 1 is 1.00 bits per heavy atom. The molecule has 0 saturated heterocycles. The molecule has 0 N–H and O–H groups in total. The van der Waals surface area contributed by atoms with E-state index in [-0.39, 0.29) is 5.97 Å². The summed E-state index contributed by atoms with van der Waals surface area (Å²) in [6, 6.07) is 0. The van der Waals surface area contributed by atoms with Crippen LogP contribution in [0.1, 0.15) is 84.5 Å². The third-order valence-electron chi connectivity index (χ3n) is 4.09. The van der Waals surface area contributed by atoms with Crippen LogP contribution < -0.4 is 0 Å². The lowest BCUT2D eigenvalue weighted by molar-refractivity contribution is -0.139. The van der Waals surface area contributed by atoms with Gasteiger partial charge < -0.3 is 4.74 Å². The van der Waals surface area contributed by atoms with Crippen molar-refractivity contribution in [3.8, 4) is 0 Å². The molecule has 0 aliphatic rings. The normalized spacial score (nSPS) is 12.1. The number of alkyl halides is 1. The van der Waals surface area contributed by atoms with Crippen LogP contribution in [-0.2, 0) is 9.53 Å². The van der Waals surface area contributed by atoms with E-state index < -0.39 is 0 Å². The van der Waals surface area contributed by atoms with Crippen molar-refractivity contribution in [2.75, 3.05) is 11.9 Å². The van der Waals surface area contributed by atoms with Crippen LogP contribution in [0.15, 0.2) is 12.2 Å². The van der Waals surface area contributed by atoms with E-state index in [1.165, 1.54) is 64.2 Å². The lowest BCUT2D eigenvalue weighted by Gasteiger charge is -2.15. The van der Waals surface area contributed by atoms with E-state index in [0.717, 1.165) is 11.8 Å². The molecule has 3 heteroatoms. The third-order valence-corrected chi connectivity index (χ3v) is 4.55. The zero-order valence-corrected chi connectivity index (χ0v) is 16.3. The van der Waals surface area contributed by atoms with Crippen LogP contribution in [0, 0.1) is 5.92 Å². The Labute approximate surface area is 146 Å². The molecule has 0 aliphatic carbocycles. The summed E-state index contributed by atoms with van der Waals surface area (Å²) in [4.78, 5) is 11.4. The molecule has 0 aromatic rings. The van der Waals surface area contributed by atoms with E-state index in [9.17, 15) is 4.79 Å². The van der Waals surface area contributed by atoms with E-state index in [4.69, 9.17) is 4.74 Å². The number of hydrogen-bond acceptors (Lipinski definition) is 2. The van der Waals surface area contributed by atoms with Gasteiger partial charge in [0.2, 0.25) is 0 Å². The molecule has 0 amide bonds. The fraction of sp³-hybridized carbons (Fsp3) is 0.842. The highest BCUT2D eigenvalue weighted by molar-refractivity contribution is 9.09. The molecule has 1 atom stereocenters. The first kappa shape index (κ1) is 21.7. The minimum atomic E-state index is -0.260. The molecule has 0 radical (unpaired) electrons. The summed E-state index contributed by atoms with van der Waals surface area (Å²) in [6.45, 7) is 8.09. The second kappa shape index (κ2) is 15.6. The van der Waals surface area contributed by atoms with Gasteiger partial charge in [-0.15, -0.1) is 0 Å². The zero-order chi connectivity index (χ0) is 16.6. The molecule has 22 heavy (non-hydrogen) atoms. The van der Waals surface area contributed by atoms with Gasteiger partial charge >= 0.3 is 5.97 Å². The highest BCUT2D eigenvalue weighted by atomic mass is 79.9. The molecule has 1 unspecified atom stereocenters. The number of esters is 1. The van der Waals surface area contributed by atoms with Gasteiger partial charge in [0.15, 0.2) is 0 Å². The van der Waals surface area contributed by atoms with Crippen LogP contribution >= 0.6 is 15.9 Å². The lowest BCUT2D eigenvalue weighted by Crippen LogP contribution is -2.11. The van der Waals surface area contributed by atoms with Gasteiger partial charge in [0, 0.05) is 10.9 Å². The van der Waals surface area contributed by atoms with Gasteiger partial charge in [-0.3, -0.25) is 0 Å². The Morgan fingerprint density at radius 3 is 2.14 bits per heavy atom. The zero-order valence-electron chi connectivity index (χ0n) is 14.7. The summed E-state index contributed by atoms with van der Waals surface area (Å²) in [5, 5.41) is 1.03. The summed E-state index contributed by atoms with van der Waals surface area (Å²) in [6.07, 6.45) is 14.3. The monoisotopic (exact) mass is 374 g/mol. The predicted octanol–water partition coefficient (Wildman–Crippen LogP) is 6.43. The molecule has 0 heterocycles. The molecule has 2 nitrogen and oxygen atoms in total. The van der Waals surface area contributed by atoms with Crippen molar-refractivity contribution in [2.24, 2.45) is 5.92 Å². The average Bonchev–Trinajstić information content (AvgIpc) is 2.49. The second-order valence-electron chi connectivity index (χ2n) is 6.31. The predicted molar refractivity (Wildman–Crippen MR) is 99.5 cm³/mol. The SMILES string of the molecule is C=C(C)C(=O)OCCC(CCBr)CCCCCCCCCC. The van der Waals surface area contributed by atoms with Gasteiger partial charge in [-0.25, -0.2) is 4.79 Å². The van der Waals surface area contributed by atoms with Gasteiger partial charge in [0.1, 0.15) is 0 Å². The summed E-state index contributed by atoms with van der Waals surface area (Å²) in [5.41, 5.74) is 0.486. The topological polar surface area (TPSA) is 26.3 Å². The maximum atomic E-state index is 11.4. The van der Waals surface area contributed by atoms with E-state index in [0.29, 0.717) is 18.1 Å². The summed E-state index contributed by atoms with van der Waals surface area (Å²) in [7, 11) is 0. The average molecular weight is 375 g/mol. The lowest BCUT2D eigenvalue weighted by atomic mass is 9.95. The standard InChI is InChI=1S/C19H35BrO2/c1-4-5-6-7-8-9-10-11-12-18(13-15-20)14-16-22-19(21)17(2)3/h18H,2,4-16H2,1,3H3. The largest absolute Gasteiger partial charge is 0.462 e. The van der Waals surface area contributed by atoms with Crippen molar-refractivity contribution < 1.29 is 9.53 Å². The Kier molecular flexibility index (Phi) is 15.4. The highest BCUT2D eigenvalue weighted by Gasteiger charge is 2.10. The van der Waals surface area contributed by atoms with Crippen molar-refractivity contribution in [1.82, 2.24) is 0 Å². The Bertz CT molecular complexity index is 289. The first-order valence-electron chi connectivity index (χ1n) is 9.00. The molecule has 0 rings (SSSR count). The van der Waals surface area contributed by atoms with Gasteiger partial charge in [-0.05, 0) is 25.7 Å². The summed E-state index contributed by atoms with van der Waals surface area (Å²) in [5.74, 6) is 0.405. The van der Waals surface area contributed by atoms with Crippen LogP contribution in [0.25, 0.3) is 0 Å². The fourth-order valence-corrected chi connectivity index (χ4v) is 3.24. The molecule has 0 aromatic heterocycles. The maximum absolute atomic E-state index is 11.4. The van der Waals surface area contributed by atoms with E-state index in [1.807, 2.05) is 0 Å². The van der Waals surface area contributed by atoms with E-state index in [1.54, 1.807) is 6.92 Å². The molecular formula is C19H35BrO2. The van der Waals surface area contributed by atoms with Crippen molar-refractivity contribution >= 4 is 21.9 Å². The number of hydrogen-bond donors (Lipinski definition) is 0. The molecule has 0 aromatic carbocycles. The maximum Gasteiger partial charge on any atom is 0.333 e. The number of carbonyl (C=O) groups is 1. The Hall–Kier alpha value is -0.310. The number of carbonyl (C=O) groups excluding carboxylic acids is 1. The molecule has 0 spiro atoms. The van der Waals surface area contributed by atoms with Crippen molar-refractivity contribution in [3.05, 3.63) is 12.2 Å². The highest BCUT2D eigenvalue weighted by Crippen LogP contribution is 2.20. The van der Waals surface area contributed by atoms with Crippen molar-refractivity contribution in [2.45, 2.75) is 84.5 Å². The molecule has 0 bridgehead atoms. The molecular weight excluding hydrogens is 340 g/mol. The van der Waals surface area contributed by atoms with Crippen LogP contribution in [0.3, 0.4) is 0 Å². The van der Waals surface area contributed by atoms with Crippen molar-refractivity contribution in [1.29, 1.82) is 0 Å². The van der Waals surface area contributed by atoms with E-state index in [2.05, 4.69) is 29.4 Å². The number of unbranched alkanes of at least 4 members (excludes halogenated alkanes) is 7. The molecule has 0 saturated carbocycles. The summed E-state index contributed by atoms with van der Waals surface area (Å²) >= 11 is 3.53. The number of halogens is 1. The summed E-state index contributed by atoms with van der Waals surface area (Å²) < 4.78 is 5.21. The van der Waals surface area contributed by atoms with Gasteiger partial charge in [0.25, 0.3) is 0 Å². The quantitative estimate of drug-likeness (QED) is 0.143. The number of ether oxygens (including phenoxy) is 1. The van der Waals surface area contributed by atoms with Crippen LogP contribution in [-0.4, -0.2) is 17.9 Å². The van der Waals surface area contributed by atoms with Gasteiger partial charge in [0.05, 0.1) is 6.61 Å². The Morgan fingerprint density at radius 2 is 1.59 bits per heavy atom. The van der Waals surface area contributed by atoms with Crippen LogP contribution in [0.4, 0.5) is 0 Å². The van der Waals surface area contributed by atoms with Gasteiger partial charge in [-0.1, -0.05) is 87.2 Å². The van der Waals surface area contributed by atoms with E-state index >= 15 is 0 Å². The van der Waals surface area contributed by atoms with Crippen molar-refractivity contribution in [3.63, 3.8) is 0 Å². The van der Waals surface area contributed by atoms with Crippen LogP contribution in [0.2, 0.25) is 0 Å². The first-order valence-corrected chi connectivity index (χ1v) is 10.1. The van der Waals surface area contributed by atoms with Crippen LogP contribution in [0.5, 0.6) is 0 Å². The third kappa shape index (κ3) is 13.4. The number of rotatable bonds is 15. The first-order chi connectivity index (χ1) is 10.6.